The fraction of sp³-hybridized carbons (Fsp3) is 0.263. The van der Waals surface area contributed by atoms with Gasteiger partial charge in [0.05, 0.1) is 11.4 Å². The molecule has 0 unspecified atom stereocenters. The number of nitrogens with zero attached hydrogens (tertiary/aromatic N) is 2. The molecule has 0 saturated carbocycles. The normalized spacial score (nSPS) is 14.9. The summed E-state index contributed by atoms with van der Waals surface area (Å²) in [5, 5.41) is 3.02. The quantitative estimate of drug-likeness (QED) is 0.623. The van der Waals surface area contributed by atoms with Gasteiger partial charge in [-0.3, -0.25) is 9.59 Å². The summed E-state index contributed by atoms with van der Waals surface area (Å²) in [6.07, 6.45) is 2.43. The van der Waals surface area contributed by atoms with Crippen molar-refractivity contribution in [1.82, 2.24) is 0 Å². The van der Waals surface area contributed by atoms with Crippen molar-refractivity contribution in [1.29, 1.82) is 0 Å². The van der Waals surface area contributed by atoms with Crippen LogP contribution in [-0.2, 0) is 9.59 Å². The molecular weight excluding hydrogens is 311 g/mol. The second-order valence-electron chi connectivity index (χ2n) is 5.67. The third-order valence-corrected chi connectivity index (χ3v) is 4.06. The van der Waals surface area contributed by atoms with E-state index in [1.54, 1.807) is 0 Å². The molecule has 3 rings (SSSR count). The van der Waals surface area contributed by atoms with Crippen LogP contribution < -0.4 is 10.0 Å². The van der Waals surface area contributed by atoms with E-state index in [4.69, 9.17) is 0 Å². The first-order valence-corrected chi connectivity index (χ1v) is 8.02. The van der Waals surface area contributed by atoms with E-state index in [0.717, 1.165) is 12.8 Å². The van der Waals surface area contributed by atoms with Gasteiger partial charge in [-0.25, -0.2) is 10.0 Å². The number of hydrogen-bond acceptors (Lipinski definition) is 2. The van der Waals surface area contributed by atoms with Crippen LogP contribution in [0, 0.1) is 5.92 Å². The molecule has 0 N–H and O–H groups in total. The van der Waals surface area contributed by atoms with Gasteiger partial charge < -0.3 is 0 Å². The second-order valence-corrected chi connectivity index (χ2v) is 5.67. The van der Waals surface area contributed by atoms with Gasteiger partial charge >= 0.3 is 29.6 Å². The molecule has 120 valence electrons. The summed E-state index contributed by atoms with van der Waals surface area (Å²) in [7, 11) is 0. The van der Waals surface area contributed by atoms with Gasteiger partial charge in [0, 0.05) is 0 Å². The Morgan fingerprint density at radius 2 is 1.21 bits per heavy atom. The molecule has 0 aromatic heterocycles. The Balaban J connectivity index is 0.00000208. The number of para-hydroxylation sites is 2. The van der Waals surface area contributed by atoms with Gasteiger partial charge in [0.1, 0.15) is 5.92 Å². The Labute approximate surface area is 164 Å². The molecule has 2 amide bonds. The van der Waals surface area contributed by atoms with Crippen LogP contribution in [0.2, 0.25) is 0 Å². The third-order valence-electron chi connectivity index (χ3n) is 4.06. The standard InChI is InChI=1S/C19H20N2O2.Na.H/c1-2-3-14-17-18(22)20(15-10-6-4-7-11-15)21(19(17)23)16-12-8-5-9-13-16;;/h4-13,17H,2-3,14H2,1H3;;. The predicted octanol–water partition coefficient (Wildman–Crippen LogP) is 3.14. The molecular formula is C19H21N2NaO2. The molecule has 0 bridgehead atoms. The minimum absolute atomic E-state index is 0. The van der Waals surface area contributed by atoms with Crippen LogP contribution >= 0.6 is 0 Å². The van der Waals surface area contributed by atoms with Crippen molar-refractivity contribution in [2.45, 2.75) is 26.2 Å². The van der Waals surface area contributed by atoms with Crippen LogP contribution in [0.4, 0.5) is 11.4 Å². The van der Waals surface area contributed by atoms with Crippen LogP contribution in [0.15, 0.2) is 60.7 Å². The predicted molar refractivity (Wildman–Crippen MR) is 98.0 cm³/mol. The Morgan fingerprint density at radius 3 is 1.58 bits per heavy atom. The summed E-state index contributed by atoms with van der Waals surface area (Å²) in [6.45, 7) is 2.06. The molecule has 24 heavy (non-hydrogen) atoms. The summed E-state index contributed by atoms with van der Waals surface area (Å²) >= 11 is 0. The number of hydrogen-bond donors (Lipinski definition) is 0. The minimum atomic E-state index is -0.588. The van der Waals surface area contributed by atoms with Crippen molar-refractivity contribution in [3.63, 3.8) is 0 Å². The van der Waals surface area contributed by atoms with Gasteiger partial charge in [0.2, 0.25) is 0 Å². The molecule has 0 radical (unpaired) electrons. The van der Waals surface area contributed by atoms with Crippen LogP contribution in [0.25, 0.3) is 0 Å². The van der Waals surface area contributed by atoms with Gasteiger partial charge in [0.15, 0.2) is 0 Å². The molecule has 2 aromatic rings. The molecule has 0 atom stereocenters. The molecule has 5 heteroatoms. The van der Waals surface area contributed by atoms with Gasteiger partial charge in [-0.2, -0.15) is 0 Å². The first kappa shape index (κ1) is 18.7. The fourth-order valence-corrected chi connectivity index (χ4v) is 2.88. The number of carbonyl (C=O) groups excluding carboxylic acids is 2. The van der Waals surface area contributed by atoms with Gasteiger partial charge in [0.25, 0.3) is 11.8 Å². The summed E-state index contributed by atoms with van der Waals surface area (Å²) < 4.78 is 0. The Bertz CT molecular complexity index is 634. The van der Waals surface area contributed by atoms with E-state index in [9.17, 15) is 9.59 Å². The van der Waals surface area contributed by atoms with E-state index in [1.807, 2.05) is 60.7 Å². The monoisotopic (exact) mass is 332 g/mol. The Hall–Kier alpha value is -1.62. The average molecular weight is 332 g/mol. The van der Waals surface area contributed by atoms with E-state index < -0.39 is 5.92 Å². The van der Waals surface area contributed by atoms with E-state index in [1.165, 1.54) is 10.0 Å². The molecule has 0 spiro atoms. The number of benzene rings is 2. The SMILES string of the molecule is CCCCC1C(=O)N(c2ccccc2)N(c2ccccc2)C1=O.[NaH]. The molecule has 1 heterocycles. The van der Waals surface area contributed by atoms with Crippen molar-refractivity contribution in [2.24, 2.45) is 5.92 Å². The number of hydrazine groups is 1. The molecule has 1 aliphatic heterocycles. The summed E-state index contributed by atoms with van der Waals surface area (Å²) in [5.41, 5.74) is 1.43. The maximum absolute atomic E-state index is 12.9. The molecule has 4 nitrogen and oxygen atoms in total. The number of anilines is 2. The first-order valence-electron chi connectivity index (χ1n) is 8.02. The summed E-state index contributed by atoms with van der Waals surface area (Å²) in [6, 6.07) is 18.7. The Kier molecular flexibility index (Phi) is 6.60. The summed E-state index contributed by atoms with van der Waals surface area (Å²) in [5.74, 6) is -0.868. The fourth-order valence-electron chi connectivity index (χ4n) is 2.88. The third kappa shape index (κ3) is 3.56. The number of rotatable bonds is 5. The molecule has 2 aromatic carbocycles. The van der Waals surface area contributed by atoms with Crippen LogP contribution in [-0.4, -0.2) is 41.4 Å². The molecule has 1 fully saturated rings. The van der Waals surface area contributed by atoms with Crippen molar-refractivity contribution in [2.75, 3.05) is 10.0 Å². The number of unbranched alkanes of at least 4 members (excludes halogenated alkanes) is 1. The zero-order valence-corrected chi connectivity index (χ0v) is 13.2. The van der Waals surface area contributed by atoms with Crippen LogP contribution in [0.5, 0.6) is 0 Å². The van der Waals surface area contributed by atoms with Crippen molar-refractivity contribution in [3.8, 4) is 0 Å². The second kappa shape index (κ2) is 8.47. The van der Waals surface area contributed by atoms with Gasteiger partial charge in [-0.1, -0.05) is 56.2 Å². The zero-order chi connectivity index (χ0) is 16.2. The number of amides is 2. The van der Waals surface area contributed by atoms with Crippen LogP contribution in [0.1, 0.15) is 26.2 Å². The van der Waals surface area contributed by atoms with E-state index in [2.05, 4.69) is 6.92 Å². The van der Waals surface area contributed by atoms with Crippen molar-refractivity contribution < 1.29 is 9.59 Å². The topological polar surface area (TPSA) is 40.6 Å². The van der Waals surface area contributed by atoms with E-state index >= 15 is 0 Å². The van der Waals surface area contributed by atoms with E-state index in [0.29, 0.717) is 17.8 Å². The van der Waals surface area contributed by atoms with E-state index in [-0.39, 0.29) is 41.4 Å². The maximum atomic E-state index is 12.9. The molecule has 0 aliphatic carbocycles. The van der Waals surface area contributed by atoms with Gasteiger partial charge in [-0.05, 0) is 30.7 Å². The van der Waals surface area contributed by atoms with Crippen molar-refractivity contribution in [3.05, 3.63) is 60.7 Å². The van der Waals surface area contributed by atoms with Crippen molar-refractivity contribution >= 4 is 52.7 Å². The summed E-state index contributed by atoms with van der Waals surface area (Å²) in [4.78, 5) is 25.7. The molecule has 1 saturated heterocycles. The number of carbonyl (C=O) groups is 2. The molecule has 1 aliphatic rings. The first-order chi connectivity index (χ1) is 11.2. The van der Waals surface area contributed by atoms with Crippen LogP contribution in [0.3, 0.4) is 0 Å². The Morgan fingerprint density at radius 1 is 0.792 bits per heavy atom. The van der Waals surface area contributed by atoms with Gasteiger partial charge in [-0.15, -0.1) is 0 Å². The zero-order valence-electron chi connectivity index (χ0n) is 13.2. The average Bonchev–Trinajstić information content (AvgIpc) is 2.85.